The van der Waals surface area contributed by atoms with E-state index in [9.17, 15) is 4.79 Å². The Morgan fingerprint density at radius 2 is 1.89 bits per heavy atom. The number of hydrogen-bond acceptors (Lipinski definition) is 3. The second kappa shape index (κ2) is 7.73. The van der Waals surface area contributed by atoms with Gasteiger partial charge in [-0.3, -0.25) is 0 Å². The van der Waals surface area contributed by atoms with E-state index >= 15 is 0 Å². The highest BCUT2D eigenvalue weighted by molar-refractivity contribution is 5.67. The molecule has 0 aromatic carbocycles. The Morgan fingerprint density at radius 1 is 1.16 bits per heavy atom. The third-order valence-electron chi connectivity index (χ3n) is 3.48. The zero-order chi connectivity index (χ0) is 14.3. The van der Waals surface area contributed by atoms with Crippen LogP contribution in [0.3, 0.4) is 0 Å². The molecule has 0 aromatic rings. The molecule has 1 amide bonds. The van der Waals surface area contributed by atoms with Crippen molar-refractivity contribution in [3.63, 3.8) is 0 Å². The predicted octanol–water partition coefficient (Wildman–Crippen LogP) is 3.07. The molecule has 0 aliphatic heterocycles. The Hall–Kier alpha value is -0.770. The third kappa shape index (κ3) is 8.09. The van der Waals surface area contributed by atoms with Crippen LogP contribution < -0.4 is 10.6 Å². The van der Waals surface area contributed by atoms with Crippen molar-refractivity contribution in [2.24, 2.45) is 5.92 Å². The molecule has 1 saturated carbocycles. The number of alkyl carbamates (subject to hydrolysis) is 1. The van der Waals surface area contributed by atoms with E-state index in [1.54, 1.807) is 0 Å². The molecular weight excluding hydrogens is 240 g/mol. The number of rotatable bonds is 4. The zero-order valence-corrected chi connectivity index (χ0v) is 12.9. The molecule has 0 spiro atoms. The van der Waals surface area contributed by atoms with Gasteiger partial charge in [0.05, 0.1) is 0 Å². The van der Waals surface area contributed by atoms with Crippen molar-refractivity contribution < 1.29 is 9.53 Å². The first-order valence-corrected chi connectivity index (χ1v) is 7.57. The summed E-state index contributed by atoms with van der Waals surface area (Å²) in [4.78, 5) is 11.4. The minimum atomic E-state index is -0.422. The zero-order valence-electron chi connectivity index (χ0n) is 12.9. The highest BCUT2D eigenvalue weighted by atomic mass is 16.6. The number of ether oxygens (including phenoxy) is 1. The number of carbonyl (C=O) groups excluding carboxylic acids is 1. The lowest BCUT2D eigenvalue weighted by atomic mass is 10.0. The summed E-state index contributed by atoms with van der Waals surface area (Å²) < 4.78 is 5.19. The molecule has 0 aromatic heterocycles. The number of amides is 1. The third-order valence-corrected chi connectivity index (χ3v) is 3.48. The summed E-state index contributed by atoms with van der Waals surface area (Å²) in [5.41, 5.74) is -0.422. The molecule has 4 nitrogen and oxygen atoms in total. The second-order valence-electron chi connectivity index (χ2n) is 6.69. The van der Waals surface area contributed by atoms with Gasteiger partial charge < -0.3 is 15.4 Å². The maximum Gasteiger partial charge on any atom is 0.407 e. The average molecular weight is 270 g/mol. The van der Waals surface area contributed by atoms with Crippen molar-refractivity contribution >= 4 is 6.09 Å². The van der Waals surface area contributed by atoms with Crippen molar-refractivity contribution in [2.45, 2.75) is 71.4 Å². The van der Waals surface area contributed by atoms with Gasteiger partial charge in [-0.1, -0.05) is 19.8 Å². The molecular formula is C15H30N2O2. The van der Waals surface area contributed by atoms with Gasteiger partial charge in [-0.15, -0.1) is 0 Å². The van der Waals surface area contributed by atoms with Gasteiger partial charge in [0.1, 0.15) is 5.60 Å². The summed E-state index contributed by atoms with van der Waals surface area (Å²) in [5.74, 6) is 0.867. The Kier molecular flexibility index (Phi) is 6.63. The number of nitrogens with one attached hydrogen (secondary N) is 2. The first-order chi connectivity index (χ1) is 8.87. The van der Waals surface area contributed by atoms with Crippen LogP contribution in [0, 0.1) is 5.92 Å². The maximum atomic E-state index is 11.4. The Labute approximate surface area is 117 Å². The molecule has 4 heteroatoms. The van der Waals surface area contributed by atoms with E-state index in [0.717, 1.165) is 12.5 Å². The van der Waals surface area contributed by atoms with Crippen LogP contribution in [0.5, 0.6) is 0 Å². The fourth-order valence-corrected chi connectivity index (χ4v) is 2.45. The summed E-state index contributed by atoms with van der Waals surface area (Å²) in [5, 5.41) is 6.31. The monoisotopic (exact) mass is 270 g/mol. The summed E-state index contributed by atoms with van der Waals surface area (Å²) in [6.45, 7) is 9.40. The fourth-order valence-electron chi connectivity index (χ4n) is 2.45. The lowest BCUT2D eigenvalue weighted by Crippen LogP contribution is -2.39. The smallest absolute Gasteiger partial charge is 0.407 e. The maximum absolute atomic E-state index is 11.4. The molecule has 1 aliphatic carbocycles. The van der Waals surface area contributed by atoms with Gasteiger partial charge in [-0.25, -0.2) is 4.79 Å². The first kappa shape index (κ1) is 16.3. The summed E-state index contributed by atoms with van der Waals surface area (Å²) in [6, 6.07) is 0.616. The van der Waals surface area contributed by atoms with Crippen LogP contribution in [0.4, 0.5) is 4.79 Å². The molecule has 2 atom stereocenters. The summed E-state index contributed by atoms with van der Waals surface area (Å²) >= 11 is 0. The van der Waals surface area contributed by atoms with Gasteiger partial charge in [0.2, 0.25) is 0 Å². The minimum Gasteiger partial charge on any atom is -0.444 e. The van der Waals surface area contributed by atoms with E-state index in [1.165, 1.54) is 32.1 Å². The van der Waals surface area contributed by atoms with Gasteiger partial charge in [0, 0.05) is 19.1 Å². The molecule has 0 radical (unpaired) electrons. The van der Waals surface area contributed by atoms with E-state index in [2.05, 4.69) is 17.6 Å². The van der Waals surface area contributed by atoms with E-state index in [4.69, 9.17) is 4.74 Å². The quantitative estimate of drug-likeness (QED) is 0.610. The van der Waals surface area contributed by atoms with Crippen LogP contribution in [0.2, 0.25) is 0 Å². The van der Waals surface area contributed by atoms with Crippen LogP contribution in [0.1, 0.15) is 59.8 Å². The topological polar surface area (TPSA) is 50.4 Å². The SMILES string of the molecule is CC1CCCC(NCCNC(=O)OC(C)(C)C)CC1. The lowest BCUT2D eigenvalue weighted by molar-refractivity contribution is 0.0528. The molecule has 1 aliphatic rings. The van der Waals surface area contributed by atoms with Crippen molar-refractivity contribution in [1.29, 1.82) is 0 Å². The first-order valence-electron chi connectivity index (χ1n) is 7.57. The molecule has 0 bridgehead atoms. The Morgan fingerprint density at radius 3 is 2.58 bits per heavy atom. The lowest BCUT2D eigenvalue weighted by Gasteiger charge is -2.20. The highest BCUT2D eigenvalue weighted by Gasteiger charge is 2.17. The molecule has 1 rings (SSSR count). The molecule has 1 fully saturated rings. The molecule has 2 unspecified atom stereocenters. The van der Waals surface area contributed by atoms with Gasteiger partial charge in [-0.05, 0) is 46.0 Å². The fraction of sp³-hybridized carbons (Fsp3) is 0.933. The average Bonchev–Trinajstić information content (AvgIpc) is 2.47. The molecule has 0 heterocycles. The van der Waals surface area contributed by atoms with E-state index < -0.39 is 5.60 Å². The summed E-state index contributed by atoms with van der Waals surface area (Å²) in [6.07, 6.45) is 6.18. The van der Waals surface area contributed by atoms with Crippen LogP contribution >= 0.6 is 0 Å². The normalized spacial score (nSPS) is 24.6. The molecule has 0 saturated heterocycles. The van der Waals surface area contributed by atoms with Crippen molar-refractivity contribution in [3.8, 4) is 0 Å². The van der Waals surface area contributed by atoms with Gasteiger partial charge >= 0.3 is 6.09 Å². The highest BCUT2D eigenvalue weighted by Crippen LogP contribution is 2.22. The van der Waals surface area contributed by atoms with E-state index in [1.807, 2.05) is 20.8 Å². The summed E-state index contributed by atoms with van der Waals surface area (Å²) in [7, 11) is 0. The van der Waals surface area contributed by atoms with Crippen molar-refractivity contribution in [3.05, 3.63) is 0 Å². The predicted molar refractivity (Wildman–Crippen MR) is 78.3 cm³/mol. The van der Waals surface area contributed by atoms with Gasteiger partial charge in [0.25, 0.3) is 0 Å². The standard InChI is InChI=1S/C15H30N2O2/c1-12-6-5-7-13(9-8-12)16-10-11-17-14(18)19-15(2,3)4/h12-13,16H,5-11H2,1-4H3,(H,17,18). The molecule has 112 valence electrons. The van der Waals surface area contributed by atoms with Crippen LogP contribution in [0.15, 0.2) is 0 Å². The van der Waals surface area contributed by atoms with E-state index in [-0.39, 0.29) is 6.09 Å². The number of hydrogen-bond donors (Lipinski definition) is 2. The molecule has 2 N–H and O–H groups in total. The van der Waals surface area contributed by atoms with Crippen molar-refractivity contribution in [1.82, 2.24) is 10.6 Å². The Balaban J connectivity index is 2.08. The van der Waals surface area contributed by atoms with Crippen molar-refractivity contribution in [2.75, 3.05) is 13.1 Å². The van der Waals surface area contributed by atoms with Gasteiger partial charge in [-0.2, -0.15) is 0 Å². The van der Waals surface area contributed by atoms with Crippen LogP contribution in [-0.2, 0) is 4.74 Å². The number of carbonyl (C=O) groups is 1. The van der Waals surface area contributed by atoms with Crippen LogP contribution in [-0.4, -0.2) is 30.8 Å². The largest absolute Gasteiger partial charge is 0.444 e. The van der Waals surface area contributed by atoms with E-state index in [0.29, 0.717) is 12.6 Å². The second-order valence-corrected chi connectivity index (χ2v) is 6.69. The Bertz CT molecular complexity index is 274. The van der Waals surface area contributed by atoms with Crippen LogP contribution in [0.25, 0.3) is 0 Å². The van der Waals surface area contributed by atoms with Gasteiger partial charge in [0.15, 0.2) is 0 Å². The molecule has 19 heavy (non-hydrogen) atoms. The minimum absolute atomic E-state index is 0.330.